The van der Waals surface area contributed by atoms with E-state index in [1.807, 2.05) is 0 Å². The minimum Gasteiger partial charge on any atom is -0.467 e. The number of hydrazine groups is 1. The van der Waals surface area contributed by atoms with Crippen molar-refractivity contribution >= 4 is 5.95 Å². The van der Waals surface area contributed by atoms with Crippen LogP contribution in [-0.4, -0.2) is 28.7 Å². The van der Waals surface area contributed by atoms with E-state index in [4.69, 9.17) is 15.3 Å². The smallest absolute Gasteiger partial charge is 0.324 e. The molecule has 106 valence electrons. The zero-order valence-electron chi connectivity index (χ0n) is 11.4. The second kappa shape index (κ2) is 6.51. The molecule has 7 heteroatoms. The Labute approximate surface area is 112 Å². The number of nitrogen functional groups attached to an aromatic ring is 1. The molecule has 0 amide bonds. The molecule has 1 heterocycles. The summed E-state index contributed by atoms with van der Waals surface area (Å²) in [6.45, 7) is 2.91. The summed E-state index contributed by atoms with van der Waals surface area (Å²) in [7, 11) is 1.49. The predicted octanol–water partition coefficient (Wildman–Crippen LogP) is 1.37. The summed E-state index contributed by atoms with van der Waals surface area (Å²) in [6, 6.07) is 0.438. The van der Waals surface area contributed by atoms with Crippen molar-refractivity contribution in [1.29, 1.82) is 0 Å². The fourth-order valence-corrected chi connectivity index (χ4v) is 2.46. The number of hydrogen-bond acceptors (Lipinski definition) is 7. The quantitative estimate of drug-likeness (QED) is 0.614. The molecule has 0 bridgehead atoms. The van der Waals surface area contributed by atoms with Gasteiger partial charge in [-0.25, -0.2) is 5.84 Å². The van der Waals surface area contributed by atoms with Crippen LogP contribution in [-0.2, 0) is 0 Å². The normalized spacial score (nSPS) is 22.9. The Hall–Kier alpha value is -1.63. The molecule has 1 saturated carbocycles. The largest absolute Gasteiger partial charge is 0.467 e. The molecule has 3 N–H and O–H groups in total. The first-order chi connectivity index (χ1) is 9.21. The molecule has 0 aromatic carbocycles. The third-order valence-electron chi connectivity index (χ3n) is 3.40. The topological polar surface area (TPSA) is 95.2 Å². The Bertz CT molecular complexity index is 393. The molecular weight excluding hydrogens is 246 g/mol. The maximum atomic E-state index is 5.64. The Kier molecular flexibility index (Phi) is 4.73. The van der Waals surface area contributed by atoms with E-state index >= 15 is 0 Å². The maximum absolute atomic E-state index is 5.64. The van der Waals surface area contributed by atoms with E-state index < -0.39 is 0 Å². The average Bonchev–Trinajstić information content (AvgIpc) is 2.44. The molecule has 1 fully saturated rings. The van der Waals surface area contributed by atoms with Crippen LogP contribution in [0.2, 0.25) is 0 Å². The molecule has 2 atom stereocenters. The molecule has 0 aliphatic heterocycles. The number of rotatable bonds is 5. The van der Waals surface area contributed by atoms with Gasteiger partial charge >= 0.3 is 12.0 Å². The van der Waals surface area contributed by atoms with Crippen LogP contribution in [0.5, 0.6) is 12.0 Å². The highest BCUT2D eigenvalue weighted by molar-refractivity contribution is 5.25. The lowest BCUT2D eigenvalue weighted by Gasteiger charge is -2.26. The zero-order chi connectivity index (χ0) is 13.7. The van der Waals surface area contributed by atoms with Gasteiger partial charge in [0.25, 0.3) is 0 Å². The van der Waals surface area contributed by atoms with E-state index in [1.54, 1.807) is 0 Å². The molecule has 2 unspecified atom stereocenters. The first-order valence-electron chi connectivity index (χ1n) is 6.60. The Morgan fingerprint density at radius 1 is 1.26 bits per heavy atom. The Morgan fingerprint density at radius 3 is 2.74 bits per heavy atom. The first kappa shape index (κ1) is 13.8. The Morgan fingerprint density at radius 2 is 2.05 bits per heavy atom. The van der Waals surface area contributed by atoms with Crippen molar-refractivity contribution in [3.8, 4) is 12.0 Å². The third kappa shape index (κ3) is 3.92. The summed E-state index contributed by atoms with van der Waals surface area (Å²) in [4.78, 5) is 12.0. The highest BCUT2D eigenvalue weighted by Gasteiger charge is 2.20. The lowest BCUT2D eigenvalue weighted by atomic mass is 9.83. The number of nitrogens with zero attached hydrogens (tertiary/aromatic N) is 3. The van der Waals surface area contributed by atoms with Gasteiger partial charge in [-0.3, -0.25) is 5.43 Å². The lowest BCUT2D eigenvalue weighted by molar-refractivity contribution is 0.171. The van der Waals surface area contributed by atoms with Crippen LogP contribution in [0, 0.1) is 11.8 Å². The molecule has 0 saturated heterocycles. The van der Waals surface area contributed by atoms with Crippen molar-refractivity contribution in [3.63, 3.8) is 0 Å². The fourth-order valence-electron chi connectivity index (χ4n) is 2.46. The van der Waals surface area contributed by atoms with Crippen LogP contribution in [0.1, 0.15) is 32.6 Å². The van der Waals surface area contributed by atoms with Crippen LogP contribution in [0.15, 0.2) is 0 Å². The van der Waals surface area contributed by atoms with Crippen LogP contribution in [0.25, 0.3) is 0 Å². The summed E-state index contributed by atoms with van der Waals surface area (Å²) < 4.78 is 10.6. The number of ether oxygens (including phenoxy) is 2. The molecule has 2 rings (SSSR count). The summed E-state index contributed by atoms with van der Waals surface area (Å²) in [5.74, 6) is 6.87. The zero-order valence-corrected chi connectivity index (χ0v) is 11.4. The van der Waals surface area contributed by atoms with Crippen molar-refractivity contribution in [2.24, 2.45) is 17.7 Å². The van der Waals surface area contributed by atoms with Crippen LogP contribution in [0.3, 0.4) is 0 Å². The summed E-state index contributed by atoms with van der Waals surface area (Å²) >= 11 is 0. The van der Waals surface area contributed by atoms with Crippen molar-refractivity contribution in [3.05, 3.63) is 0 Å². The second-order valence-electron chi connectivity index (χ2n) is 5.02. The lowest BCUT2D eigenvalue weighted by Crippen LogP contribution is -2.21. The number of aromatic nitrogens is 3. The van der Waals surface area contributed by atoms with E-state index in [1.165, 1.54) is 32.8 Å². The van der Waals surface area contributed by atoms with E-state index in [-0.39, 0.29) is 18.0 Å². The minimum atomic E-state index is 0.190. The molecular formula is C12H21N5O2. The highest BCUT2D eigenvalue weighted by Crippen LogP contribution is 2.28. The van der Waals surface area contributed by atoms with Crippen molar-refractivity contribution in [2.45, 2.75) is 32.6 Å². The third-order valence-corrected chi connectivity index (χ3v) is 3.40. The molecule has 1 aromatic heterocycles. The van der Waals surface area contributed by atoms with Gasteiger partial charge in [0.2, 0.25) is 5.95 Å². The fraction of sp³-hybridized carbons (Fsp3) is 0.750. The van der Waals surface area contributed by atoms with E-state index in [0.29, 0.717) is 12.5 Å². The van der Waals surface area contributed by atoms with Crippen LogP contribution >= 0.6 is 0 Å². The molecule has 19 heavy (non-hydrogen) atoms. The molecule has 1 aliphatic carbocycles. The summed E-state index contributed by atoms with van der Waals surface area (Å²) in [5, 5.41) is 0. The number of nitrogens with one attached hydrogen (secondary N) is 1. The predicted molar refractivity (Wildman–Crippen MR) is 70.8 cm³/mol. The number of nitrogens with two attached hydrogens (primary N) is 1. The number of hydrogen-bond donors (Lipinski definition) is 2. The van der Waals surface area contributed by atoms with Gasteiger partial charge in [-0.2, -0.15) is 9.97 Å². The highest BCUT2D eigenvalue weighted by atomic mass is 16.5. The van der Waals surface area contributed by atoms with Gasteiger partial charge in [-0.15, -0.1) is 4.98 Å². The standard InChI is InChI=1S/C12H21N5O2/c1-8-4-3-5-9(6-8)7-19-12-15-10(17-13)14-11(16-12)18-2/h8-9H,3-7,13H2,1-2H3,(H,14,15,16,17). The van der Waals surface area contributed by atoms with Crippen molar-refractivity contribution in [2.75, 3.05) is 19.1 Å². The van der Waals surface area contributed by atoms with Gasteiger partial charge in [-0.05, 0) is 24.7 Å². The van der Waals surface area contributed by atoms with Gasteiger partial charge < -0.3 is 9.47 Å². The van der Waals surface area contributed by atoms with Gasteiger partial charge in [-0.1, -0.05) is 19.8 Å². The van der Waals surface area contributed by atoms with Gasteiger partial charge in [0.15, 0.2) is 0 Å². The Balaban J connectivity index is 1.94. The molecule has 1 aromatic rings. The monoisotopic (exact) mass is 267 g/mol. The molecule has 1 aliphatic rings. The number of anilines is 1. The van der Waals surface area contributed by atoms with Crippen molar-refractivity contribution < 1.29 is 9.47 Å². The van der Waals surface area contributed by atoms with E-state index in [0.717, 1.165) is 5.92 Å². The minimum absolute atomic E-state index is 0.190. The molecule has 7 nitrogen and oxygen atoms in total. The van der Waals surface area contributed by atoms with Crippen molar-refractivity contribution in [1.82, 2.24) is 15.0 Å². The van der Waals surface area contributed by atoms with Crippen LogP contribution < -0.4 is 20.7 Å². The molecule has 0 spiro atoms. The average molecular weight is 267 g/mol. The van der Waals surface area contributed by atoms with Gasteiger partial charge in [0.1, 0.15) is 0 Å². The van der Waals surface area contributed by atoms with Gasteiger partial charge in [0, 0.05) is 0 Å². The maximum Gasteiger partial charge on any atom is 0.324 e. The summed E-state index contributed by atoms with van der Waals surface area (Å²) in [5.41, 5.74) is 2.36. The van der Waals surface area contributed by atoms with Crippen LogP contribution in [0.4, 0.5) is 5.95 Å². The second-order valence-corrected chi connectivity index (χ2v) is 5.02. The van der Waals surface area contributed by atoms with Gasteiger partial charge in [0.05, 0.1) is 13.7 Å². The molecule has 0 radical (unpaired) electrons. The van der Waals surface area contributed by atoms with E-state index in [9.17, 15) is 0 Å². The first-order valence-corrected chi connectivity index (χ1v) is 6.60. The number of methoxy groups -OCH3 is 1. The summed E-state index contributed by atoms with van der Waals surface area (Å²) in [6.07, 6.45) is 4.99. The SMILES string of the molecule is COc1nc(NN)nc(OCC2CCCC(C)C2)n1. The van der Waals surface area contributed by atoms with E-state index in [2.05, 4.69) is 27.3 Å².